The highest BCUT2D eigenvalue weighted by Gasteiger charge is 2.14. The highest BCUT2D eigenvalue weighted by atomic mass is 35.5. The van der Waals surface area contributed by atoms with E-state index in [2.05, 4.69) is 5.32 Å². The molecule has 0 aromatic heterocycles. The quantitative estimate of drug-likeness (QED) is 0.772. The first kappa shape index (κ1) is 18.4. The molecule has 6 heteroatoms. The van der Waals surface area contributed by atoms with Gasteiger partial charge in [-0.15, -0.1) is 12.4 Å². The summed E-state index contributed by atoms with van der Waals surface area (Å²) in [5.41, 5.74) is 6.62. The van der Waals surface area contributed by atoms with Crippen LogP contribution in [0.5, 0.6) is 0 Å². The van der Waals surface area contributed by atoms with E-state index < -0.39 is 6.04 Å². The van der Waals surface area contributed by atoms with Crippen molar-refractivity contribution < 1.29 is 9.59 Å². The molecule has 112 valence electrons. The maximum absolute atomic E-state index is 11.8. The summed E-state index contributed by atoms with van der Waals surface area (Å²) < 4.78 is 0. The van der Waals surface area contributed by atoms with E-state index in [1.165, 1.54) is 4.90 Å². The van der Waals surface area contributed by atoms with Crippen molar-refractivity contribution in [2.45, 2.75) is 18.9 Å². The highest BCUT2D eigenvalue weighted by molar-refractivity contribution is 5.85. The Morgan fingerprint density at radius 1 is 1.25 bits per heavy atom. The maximum atomic E-state index is 11.8. The molecule has 1 rings (SSSR count). The zero-order valence-corrected chi connectivity index (χ0v) is 12.7. The Balaban J connectivity index is 0.00000361. The summed E-state index contributed by atoms with van der Waals surface area (Å²) >= 11 is 0. The molecule has 0 bridgehead atoms. The van der Waals surface area contributed by atoms with Crippen molar-refractivity contribution >= 4 is 24.2 Å². The summed E-state index contributed by atoms with van der Waals surface area (Å²) in [6.45, 7) is 0.457. The Kier molecular flexibility index (Phi) is 8.59. The molecule has 1 aromatic carbocycles. The topological polar surface area (TPSA) is 75.4 Å². The second-order valence-corrected chi connectivity index (χ2v) is 4.57. The van der Waals surface area contributed by atoms with E-state index in [9.17, 15) is 9.59 Å². The summed E-state index contributed by atoms with van der Waals surface area (Å²) in [5.74, 6) is -0.162. The molecule has 0 aliphatic heterocycles. The van der Waals surface area contributed by atoms with Crippen molar-refractivity contribution in [3.63, 3.8) is 0 Å². The van der Waals surface area contributed by atoms with Gasteiger partial charge in [0.25, 0.3) is 0 Å². The fraction of sp³-hybridized carbons (Fsp3) is 0.429. The van der Waals surface area contributed by atoms with E-state index >= 15 is 0 Å². The van der Waals surface area contributed by atoms with Gasteiger partial charge >= 0.3 is 0 Å². The predicted molar refractivity (Wildman–Crippen MR) is 81.6 cm³/mol. The minimum atomic E-state index is -0.661. The van der Waals surface area contributed by atoms with Crippen molar-refractivity contribution in [1.82, 2.24) is 10.2 Å². The zero-order chi connectivity index (χ0) is 14.3. The van der Waals surface area contributed by atoms with Gasteiger partial charge in [0.1, 0.15) is 6.04 Å². The van der Waals surface area contributed by atoms with Gasteiger partial charge in [0, 0.05) is 27.1 Å². The number of hydrogen-bond acceptors (Lipinski definition) is 3. The number of rotatable bonds is 6. The van der Waals surface area contributed by atoms with Crippen LogP contribution in [0, 0.1) is 0 Å². The largest absolute Gasteiger partial charge is 0.354 e. The molecule has 20 heavy (non-hydrogen) atoms. The van der Waals surface area contributed by atoms with Crippen LogP contribution in [0.15, 0.2) is 30.3 Å². The number of carbonyl (C=O) groups is 2. The van der Waals surface area contributed by atoms with Crippen molar-refractivity contribution in [2.75, 3.05) is 20.6 Å². The molecular weight excluding hydrogens is 278 g/mol. The summed E-state index contributed by atoms with van der Waals surface area (Å²) in [4.78, 5) is 24.7. The van der Waals surface area contributed by atoms with Crippen LogP contribution in [0.25, 0.3) is 0 Å². The normalized spacial score (nSPS) is 11.2. The van der Waals surface area contributed by atoms with Crippen LogP contribution in [0.2, 0.25) is 0 Å². The Labute approximate surface area is 125 Å². The van der Waals surface area contributed by atoms with Crippen LogP contribution in [-0.4, -0.2) is 37.4 Å². The summed E-state index contributed by atoms with van der Waals surface area (Å²) in [5, 5.41) is 2.74. The lowest BCUT2D eigenvalue weighted by molar-refractivity contribution is -0.129. The monoisotopic (exact) mass is 299 g/mol. The average Bonchev–Trinajstić information content (AvgIpc) is 2.43. The van der Waals surface area contributed by atoms with Gasteiger partial charge in [-0.3, -0.25) is 9.59 Å². The molecule has 0 fully saturated rings. The molecule has 1 atom stereocenters. The average molecular weight is 300 g/mol. The van der Waals surface area contributed by atoms with Gasteiger partial charge in [-0.2, -0.15) is 0 Å². The van der Waals surface area contributed by atoms with Crippen LogP contribution in [0.1, 0.15) is 24.4 Å². The number of carbonyl (C=O) groups excluding carboxylic acids is 2. The lowest BCUT2D eigenvalue weighted by Crippen LogP contribution is -2.35. The minimum Gasteiger partial charge on any atom is -0.354 e. The lowest BCUT2D eigenvalue weighted by Gasteiger charge is -2.13. The summed E-state index contributed by atoms with van der Waals surface area (Å²) in [7, 11) is 3.43. The first-order valence-corrected chi connectivity index (χ1v) is 6.30. The molecule has 0 spiro atoms. The van der Waals surface area contributed by atoms with Gasteiger partial charge in [-0.1, -0.05) is 30.3 Å². The van der Waals surface area contributed by atoms with Gasteiger partial charge < -0.3 is 16.0 Å². The summed E-state index contributed by atoms with van der Waals surface area (Å²) in [6.07, 6.45) is 1.04. The molecule has 1 aromatic rings. The second kappa shape index (κ2) is 9.34. The SMILES string of the molecule is CN(C)C(=O)CCCNC(=O)C(N)c1ccccc1.Cl. The molecule has 0 saturated heterocycles. The van der Waals surface area contributed by atoms with Crippen LogP contribution in [-0.2, 0) is 9.59 Å². The van der Waals surface area contributed by atoms with Crippen molar-refractivity contribution in [3.8, 4) is 0 Å². The maximum Gasteiger partial charge on any atom is 0.241 e. The van der Waals surface area contributed by atoms with E-state index in [4.69, 9.17) is 5.73 Å². The first-order chi connectivity index (χ1) is 9.02. The number of nitrogens with two attached hydrogens (primary N) is 1. The van der Waals surface area contributed by atoms with Gasteiger partial charge in [0.15, 0.2) is 0 Å². The standard InChI is InChI=1S/C14H21N3O2.ClH/c1-17(2)12(18)9-6-10-16-14(19)13(15)11-7-4-3-5-8-11;/h3-5,7-8,13H,6,9-10,15H2,1-2H3,(H,16,19);1H. The zero-order valence-electron chi connectivity index (χ0n) is 11.8. The molecule has 1 unspecified atom stereocenters. The molecule has 0 aliphatic carbocycles. The molecule has 0 heterocycles. The highest BCUT2D eigenvalue weighted by Crippen LogP contribution is 2.09. The third-order valence-corrected chi connectivity index (χ3v) is 2.81. The van der Waals surface area contributed by atoms with Crippen molar-refractivity contribution in [1.29, 1.82) is 0 Å². The molecule has 0 aliphatic rings. The number of hydrogen-bond donors (Lipinski definition) is 2. The molecule has 5 nitrogen and oxygen atoms in total. The minimum absolute atomic E-state index is 0. The summed E-state index contributed by atoms with van der Waals surface area (Å²) in [6, 6.07) is 8.54. The second-order valence-electron chi connectivity index (χ2n) is 4.57. The molecule has 2 amide bonds. The van der Waals surface area contributed by atoms with Crippen molar-refractivity contribution in [3.05, 3.63) is 35.9 Å². The number of benzene rings is 1. The van der Waals surface area contributed by atoms with Gasteiger partial charge in [0.05, 0.1) is 0 Å². The van der Waals surface area contributed by atoms with Gasteiger partial charge in [0.2, 0.25) is 11.8 Å². The van der Waals surface area contributed by atoms with E-state index in [1.54, 1.807) is 14.1 Å². The van der Waals surface area contributed by atoms with E-state index in [1.807, 2.05) is 30.3 Å². The number of nitrogens with one attached hydrogen (secondary N) is 1. The van der Waals surface area contributed by atoms with E-state index in [0.29, 0.717) is 19.4 Å². The third-order valence-electron chi connectivity index (χ3n) is 2.81. The smallest absolute Gasteiger partial charge is 0.241 e. The van der Waals surface area contributed by atoms with E-state index in [0.717, 1.165) is 5.56 Å². The number of amides is 2. The van der Waals surface area contributed by atoms with Crippen LogP contribution >= 0.6 is 12.4 Å². The molecule has 3 N–H and O–H groups in total. The fourth-order valence-corrected chi connectivity index (χ4v) is 1.60. The van der Waals surface area contributed by atoms with Crippen LogP contribution in [0.3, 0.4) is 0 Å². The van der Waals surface area contributed by atoms with Crippen molar-refractivity contribution in [2.24, 2.45) is 5.73 Å². The Morgan fingerprint density at radius 2 is 1.85 bits per heavy atom. The van der Waals surface area contributed by atoms with E-state index in [-0.39, 0.29) is 24.2 Å². The Hall–Kier alpha value is -1.59. The Bertz CT molecular complexity index is 424. The van der Waals surface area contributed by atoms with Crippen LogP contribution in [0.4, 0.5) is 0 Å². The molecule has 0 radical (unpaired) electrons. The number of halogens is 1. The van der Waals surface area contributed by atoms with Gasteiger partial charge in [-0.05, 0) is 12.0 Å². The molecule has 0 saturated carbocycles. The predicted octanol–water partition coefficient (Wildman–Crippen LogP) is 1.09. The first-order valence-electron chi connectivity index (χ1n) is 6.30. The van der Waals surface area contributed by atoms with Gasteiger partial charge in [-0.25, -0.2) is 0 Å². The van der Waals surface area contributed by atoms with Crippen LogP contribution < -0.4 is 11.1 Å². The third kappa shape index (κ3) is 6.04. The fourth-order valence-electron chi connectivity index (χ4n) is 1.60. The Morgan fingerprint density at radius 3 is 2.40 bits per heavy atom. The lowest BCUT2D eigenvalue weighted by atomic mass is 10.1. The number of nitrogens with zero attached hydrogens (tertiary/aromatic N) is 1. The molecular formula is C14H22ClN3O2.